The minimum Gasteiger partial charge on any atom is -0.337 e. The van der Waals surface area contributed by atoms with Gasteiger partial charge in [0.2, 0.25) is 0 Å². The van der Waals surface area contributed by atoms with Crippen molar-refractivity contribution in [3.63, 3.8) is 0 Å². The van der Waals surface area contributed by atoms with Crippen LogP contribution in [-0.2, 0) is 23.9 Å². The van der Waals surface area contributed by atoms with Crippen LogP contribution in [0.4, 0.5) is 4.79 Å². The van der Waals surface area contributed by atoms with Gasteiger partial charge in [-0.1, -0.05) is 0 Å². The number of rotatable bonds is 6. The third-order valence-electron chi connectivity index (χ3n) is 3.51. The molecule has 1 rings (SSSR count). The lowest BCUT2D eigenvalue weighted by Crippen LogP contribution is -2.38. The van der Waals surface area contributed by atoms with E-state index >= 15 is 0 Å². The lowest BCUT2D eigenvalue weighted by Gasteiger charge is -2.17. The van der Waals surface area contributed by atoms with Crippen molar-refractivity contribution < 1.29 is 9.00 Å². The van der Waals surface area contributed by atoms with Crippen LogP contribution in [0.25, 0.3) is 0 Å². The Kier molecular flexibility index (Phi) is 6.59. The van der Waals surface area contributed by atoms with E-state index in [1.54, 1.807) is 0 Å². The predicted octanol–water partition coefficient (Wildman–Crippen LogP) is 1.87. The van der Waals surface area contributed by atoms with Gasteiger partial charge < -0.3 is 10.6 Å². The molecule has 0 spiro atoms. The molecule has 0 bridgehead atoms. The Bertz CT molecular complexity index is 546. The zero-order chi connectivity index (χ0) is 16.9. The van der Waals surface area contributed by atoms with Crippen LogP contribution in [0.5, 0.6) is 0 Å². The summed E-state index contributed by atoms with van der Waals surface area (Å²) in [5.41, 5.74) is 3.07. The third kappa shape index (κ3) is 5.12. The first kappa shape index (κ1) is 18.7. The SMILES string of the molecule is CCn1nc(C)c(CNC(=O)NCC[S@](=O)C(C)(C)C)c1C. The molecule has 2 amide bonds. The predicted molar refractivity (Wildman–Crippen MR) is 90.4 cm³/mol. The number of amides is 2. The van der Waals surface area contributed by atoms with E-state index in [1.807, 2.05) is 46.2 Å². The minimum atomic E-state index is -0.955. The Morgan fingerprint density at radius 1 is 1.27 bits per heavy atom. The molecule has 2 N–H and O–H groups in total. The van der Waals surface area contributed by atoms with Gasteiger partial charge in [-0.3, -0.25) is 8.89 Å². The van der Waals surface area contributed by atoms with Crippen LogP contribution in [0.3, 0.4) is 0 Å². The summed E-state index contributed by atoms with van der Waals surface area (Å²) in [5.74, 6) is 0.461. The second-order valence-electron chi connectivity index (χ2n) is 6.24. The Morgan fingerprint density at radius 2 is 1.91 bits per heavy atom. The van der Waals surface area contributed by atoms with Crippen LogP contribution in [0, 0.1) is 13.8 Å². The molecule has 126 valence electrons. The molecule has 6 nitrogen and oxygen atoms in total. The molecular formula is C15H28N4O2S. The summed E-state index contributed by atoms with van der Waals surface area (Å²) in [6.07, 6.45) is 0. The van der Waals surface area contributed by atoms with Gasteiger partial charge in [0, 0.05) is 52.2 Å². The van der Waals surface area contributed by atoms with Gasteiger partial charge in [0.05, 0.1) is 5.69 Å². The number of nitrogens with zero attached hydrogens (tertiary/aromatic N) is 2. The minimum absolute atomic E-state index is 0.242. The molecule has 1 heterocycles. The van der Waals surface area contributed by atoms with Crippen molar-refractivity contribution in [2.75, 3.05) is 12.3 Å². The first-order valence-corrected chi connectivity index (χ1v) is 8.91. The highest BCUT2D eigenvalue weighted by Crippen LogP contribution is 2.12. The van der Waals surface area contributed by atoms with Gasteiger partial charge in [-0.2, -0.15) is 5.10 Å². The molecule has 0 aromatic carbocycles. The number of nitrogens with one attached hydrogen (secondary N) is 2. The van der Waals surface area contributed by atoms with Crippen molar-refractivity contribution in [1.82, 2.24) is 20.4 Å². The lowest BCUT2D eigenvalue weighted by molar-refractivity contribution is 0.241. The third-order valence-corrected chi connectivity index (χ3v) is 5.45. The molecule has 0 aliphatic carbocycles. The van der Waals surface area contributed by atoms with Crippen molar-refractivity contribution in [3.8, 4) is 0 Å². The molecule has 0 unspecified atom stereocenters. The van der Waals surface area contributed by atoms with Crippen molar-refractivity contribution >= 4 is 16.8 Å². The largest absolute Gasteiger partial charge is 0.337 e. The quantitative estimate of drug-likeness (QED) is 0.837. The number of carbonyl (C=O) groups is 1. The Balaban J connectivity index is 2.41. The van der Waals surface area contributed by atoms with Gasteiger partial charge in [-0.25, -0.2) is 4.79 Å². The molecule has 7 heteroatoms. The maximum atomic E-state index is 11.9. The molecule has 0 aliphatic rings. The summed E-state index contributed by atoms with van der Waals surface area (Å²) in [6.45, 7) is 13.5. The highest BCUT2D eigenvalue weighted by Gasteiger charge is 2.19. The highest BCUT2D eigenvalue weighted by atomic mass is 32.2. The average Bonchev–Trinajstić information content (AvgIpc) is 2.70. The van der Waals surface area contributed by atoms with Gasteiger partial charge >= 0.3 is 6.03 Å². The van der Waals surface area contributed by atoms with Crippen LogP contribution in [0.15, 0.2) is 0 Å². The maximum absolute atomic E-state index is 11.9. The number of carbonyl (C=O) groups excluding carboxylic acids is 1. The van der Waals surface area contributed by atoms with E-state index in [4.69, 9.17) is 0 Å². The van der Waals surface area contributed by atoms with Crippen LogP contribution in [0.2, 0.25) is 0 Å². The van der Waals surface area contributed by atoms with E-state index in [2.05, 4.69) is 15.7 Å². The summed E-state index contributed by atoms with van der Waals surface area (Å²) in [7, 11) is -0.955. The number of hydrogen-bond acceptors (Lipinski definition) is 3. The summed E-state index contributed by atoms with van der Waals surface area (Å²) in [4.78, 5) is 11.8. The van der Waals surface area contributed by atoms with E-state index in [0.717, 1.165) is 23.5 Å². The molecule has 0 radical (unpaired) electrons. The number of hydrogen-bond donors (Lipinski definition) is 2. The Hall–Kier alpha value is -1.37. The molecule has 0 saturated carbocycles. The maximum Gasteiger partial charge on any atom is 0.315 e. The van der Waals surface area contributed by atoms with Crippen LogP contribution < -0.4 is 10.6 Å². The standard InChI is InChI=1S/C15H28N4O2S/c1-7-19-12(3)13(11(2)18-19)10-17-14(20)16-8-9-22(21)15(4,5)6/h7-10H2,1-6H3,(H2,16,17,20)/t22-/m0/s1. The monoisotopic (exact) mass is 328 g/mol. The second kappa shape index (κ2) is 7.76. The molecule has 0 fully saturated rings. The zero-order valence-corrected chi connectivity index (χ0v) is 15.3. The smallest absolute Gasteiger partial charge is 0.315 e. The van der Waals surface area contributed by atoms with E-state index in [-0.39, 0.29) is 10.8 Å². The fourth-order valence-corrected chi connectivity index (χ4v) is 2.99. The van der Waals surface area contributed by atoms with Crippen molar-refractivity contribution in [2.24, 2.45) is 0 Å². The van der Waals surface area contributed by atoms with Gasteiger partial charge in [0.15, 0.2) is 0 Å². The van der Waals surface area contributed by atoms with Gasteiger partial charge in [0.25, 0.3) is 0 Å². The van der Waals surface area contributed by atoms with E-state index in [1.165, 1.54) is 0 Å². The lowest BCUT2D eigenvalue weighted by atomic mass is 10.2. The van der Waals surface area contributed by atoms with E-state index < -0.39 is 10.8 Å². The van der Waals surface area contributed by atoms with Crippen molar-refractivity contribution in [3.05, 3.63) is 17.0 Å². The molecule has 1 aromatic heterocycles. The van der Waals surface area contributed by atoms with Gasteiger partial charge in [-0.15, -0.1) is 0 Å². The van der Waals surface area contributed by atoms with Crippen molar-refractivity contribution in [2.45, 2.75) is 59.4 Å². The number of urea groups is 1. The van der Waals surface area contributed by atoms with Crippen LogP contribution in [0.1, 0.15) is 44.6 Å². The molecule has 1 atom stereocenters. The molecule has 1 aromatic rings. The van der Waals surface area contributed by atoms with Crippen LogP contribution in [-0.4, -0.2) is 37.1 Å². The number of aryl methyl sites for hydroxylation is 2. The average molecular weight is 328 g/mol. The fourth-order valence-electron chi connectivity index (χ4n) is 2.09. The van der Waals surface area contributed by atoms with E-state index in [0.29, 0.717) is 18.8 Å². The first-order chi connectivity index (χ1) is 10.2. The van der Waals surface area contributed by atoms with Crippen molar-refractivity contribution in [1.29, 1.82) is 0 Å². The molecule has 22 heavy (non-hydrogen) atoms. The summed E-state index contributed by atoms with van der Waals surface area (Å²) >= 11 is 0. The molecule has 0 aliphatic heterocycles. The normalized spacial score (nSPS) is 13.0. The summed E-state index contributed by atoms with van der Waals surface area (Å²) < 4.78 is 13.6. The summed E-state index contributed by atoms with van der Waals surface area (Å²) in [5, 5.41) is 10.00. The molecule has 0 saturated heterocycles. The Morgan fingerprint density at radius 3 is 2.41 bits per heavy atom. The highest BCUT2D eigenvalue weighted by molar-refractivity contribution is 7.86. The van der Waals surface area contributed by atoms with Gasteiger partial charge in [0.1, 0.15) is 0 Å². The van der Waals surface area contributed by atoms with Gasteiger partial charge in [-0.05, 0) is 41.5 Å². The Labute approximate surface area is 135 Å². The summed E-state index contributed by atoms with van der Waals surface area (Å²) in [6, 6.07) is -0.242. The second-order valence-corrected chi connectivity index (χ2v) is 8.56. The van der Waals surface area contributed by atoms with E-state index in [9.17, 15) is 9.00 Å². The first-order valence-electron chi connectivity index (χ1n) is 7.59. The van der Waals surface area contributed by atoms with Crippen LogP contribution >= 0.6 is 0 Å². The number of aromatic nitrogens is 2. The topological polar surface area (TPSA) is 76.0 Å². The molecular weight excluding hydrogens is 300 g/mol. The zero-order valence-electron chi connectivity index (χ0n) is 14.4. The fraction of sp³-hybridized carbons (Fsp3) is 0.733.